The van der Waals surface area contributed by atoms with Crippen LogP contribution in [0.1, 0.15) is 45.2 Å². The van der Waals surface area contributed by atoms with Gasteiger partial charge in [-0.2, -0.15) is 0 Å². The molecule has 1 saturated heterocycles. The smallest absolute Gasteiger partial charge is 0.126 e. The molecule has 0 amide bonds. The highest BCUT2D eigenvalue weighted by molar-refractivity contribution is 7.98. The lowest BCUT2D eigenvalue weighted by atomic mass is 9.86. The number of benzene rings is 1. The molecule has 0 radical (unpaired) electrons. The van der Waals surface area contributed by atoms with E-state index in [2.05, 4.69) is 37.4 Å². The number of halogens is 2. The van der Waals surface area contributed by atoms with Crippen molar-refractivity contribution in [2.45, 2.75) is 44.4 Å². The van der Waals surface area contributed by atoms with Crippen LogP contribution in [0.3, 0.4) is 0 Å². The fourth-order valence-corrected chi connectivity index (χ4v) is 4.02. The molecule has 2 rings (SSSR count). The van der Waals surface area contributed by atoms with Crippen molar-refractivity contribution in [3.63, 3.8) is 0 Å². The van der Waals surface area contributed by atoms with Gasteiger partial charge in [0.1, 0.15) is 12.4 Å². The summed E-state index contributed by atoms with van der Waals surface area (Å²) in [6.07, 6.45) is 3.97. The van der Waals surface area contributed by atoms with Gasteiger partial charge >= 0.3 is 0 Å². The molecule has 6 heteroatoms. The van der Waals surface area contributed by atoms with Crippen molar-refractivity contribution in [2.75, 3.05) is 19.7 Å². The van der Waals surface area contributed by atoms with E-state index >= 15 is 0 Å². The topological polar surface area (TPSA) is 33.3 Å². The molecule has 140 valence electrons. The summed E-state index contributed by atoms with van der Waals surface area (Å²) in [4.78, 5) is 0. The minimum Gasteiger partial charge on any atom is -0.489 e. The summed E-state index contributed by atoms with van der Waals surface area (Å²) >= 11 is 14.3. The van der Waals surface area contributed by atoms with Crippen LogP contribution >= 0.6 is 35.1 Å². The van der Waals surface area contributed by atoms with E-state index < -0.39 is 0 Å². The molecule has 1 unspecified atom stereocenters. The third kappa shape index (κ3) is 6.37. The van der Waals surface area contributed by atoms with Gasteiger partial charge in [-0.1, -0.05) is 47.8 Å². The van der Waals surface area contributed by atoms with Crippen LogP contribution in [0.5, 0.6) is 5.75 Å². The highest BCUT2D eigenvalue weighted by Crippen LogP contribution is 2.41. The molecule has 25 heavy (non-hydrogen) atoms. The number of piperidine rings is 1. The van der Waals surface area contributed by atoms with E-state index in [9.17, 15) is 0 Å². The number of ether oxygens (including phenoxy) is 1. The maximum Gasteiger partial charge on any atom is 0.126 e. The van der Waals surface area contributed by atoms with E-state index in [1.807, 2.05) is 12.1 Å². The lowest BCUT2D eigenvalue weighted by Crippen LogP contribution is -2.35. The molecule has 1 aliphatic heterocycles. The minimum atomic E-state index is 0.115. The van der Waals surface area contributed by atoms with E-state index in [0.717, 1.165) is 37.2 Å². The van der Waals surface area contributed by atoms with Crippen molar-refractivity contribution >= 4 is 35.1 Å². The summed E-state index contributed by atoms with van der Waals surface area (Å²) in [7, 11) is 0. The molecular weight excluding hydrogens is 375 g/mol. The Hall–Kier alpha value is -0.390. The summed E-state index contributed by atoms with van der Waals surface area (Å²) in [6, 6.07) is 3.92. The number of nitrogens with one attached hydrogen (secondary N) is 2. The van der Waals surface area contributed by atoms with E-state index in [4.69, 9.17) is 27.9 Å². The third-order valence-corrected chi connectivity index (χ3v) is 5.80. The lowest BCUT2D eigenvalue weighted by molar-refractivity contribution is 0.297. The van der Waals surface area contributed by atoms with Gasteiger partial charge < -0.3 is 10.1 Å². The zero-order valence-corrected chi connectivity index (χ0v) is 17.5. The van der Waals surface area contributed by atoms with E-state index in [-0.39, 0.29) is 10.8 Å². The summed E-state index contributed by atoms with van der Waals surface area (Å²) < 4.78 is 9.70. The normalized spacial score (nSPS) is 17.3. The van der Waals surface area contributed by atoms with Gasteiger partial charge in [-0.05, 0) is 58.7 Å². The first kappa shape index (κ1) is 20.9. The van der Waals surface area contributed by atoms with Crippen LogP contribution in [0, 0.1) is 5.92 Å². The minimum absolute atomic E-state index is 0.115. The van der Waals surface area contributed by atoms with E-state index in [1.54, 1.807) is 18.0 Å². The van der Waals surface area contributed by atoms with Gasteiger partial charge in [0.15, 0.2) is 0 Å². The molecule has 1 aliphatic rings. The quantitative estimate of drug-likeness (QED) is 0.456. The first-order valence-corrected chi connectivity index (χ1v) is 10.3. The van der Waals surface area contributed by atoms with Gasteiger partial charge in [-0.3, -0.25) is 4.72 Å². The standard InChI is InChI=1S/C19H28Cl2N2OS/c1-5-10-24-17-12-16(21)15(20)11-14(17)18(23-25-19(2,3)4)13-6-8-22-9-7-13/h5,11-13,18,22-23H,1,6-10H2,2-4H3. The van der Waals surface area contributed by atoms with E-state index in [1.165, 1.54) is 0 Å². The van der Waals surface area contributed by atoms with Crippen LogP contribution in [0.4, 0.5) is 0 Å². The maximum absolute atomic E-state index is 6.34. The SMILES string of the molecule is C=CCOc1cc(Cl)c(Cl)cc1C(NSC(C)(C)C)C1CCNCC1. The molecule has 1 fully saturated rings. The van der Waals surface area contributed by atoms with E-state index in [0.29, 0.717) is 22.6 Å². The highest BCUT2D eigenvalue weighted by Gasteiger charge is 2.29. The van der Waals surface area contributed by atoms with Gasteiger partial charge in [0, 0.05) is 22.4 Å². The molecule has 1 aromatic rings. The second-order valence-electron chi connectivity index (χ2n) is 7.30. The molecule has 0 spiro atoms. The Kier molecular flexibility index (Phi) is 7.96. The Balaban J connectivity index is 2.36. The Labute approximate surface area is 166 Å². The molecular formula is C19H28Cl2N2OS. The zero-order valence-electron chi connectivity index (χ0n) is 15.2. The Bertz CT molecular complexity index is 584. The van der Waals surface area contributed by atoms with Crippen LogP contribution in [0.25, 0.3) is 0 Å². The predicted octanol–water partition coefficient (Wildman–Crippen LogP) is 5.64. The number of hydrogen-bond acceptors (Lipinski definition) is 4. The number of hydrogen-bond donors (Lipinski definition) is 2. The average molecular weight is 403 g/mol. The summed E-state index contributed by atoms with van der Waals surface area (Å²) in [6.45, 7) is 12.9. The summed E-state index contributed by atoms with van der Waals surface area (Å²) in [5.41, 5.74) is 1.07. The summed E-state index contributed by atoms with van der Waals surface area (Å²) in [5, 5.41) is 4.51. The first-order valence-electron chi connectivity index (χ1n) is 8.68. The van der Waals surface area contributed by atoms with Gasteiger partial charge in [0.2, 0.25) is 0 Å². The Morgan fingerprint density at radius 2 is 1.96 bits per heavy atom. The Morgan fingerprint density at radius 3 is 2.56 bits per heavy atom. The van der Waals surface area contributed by atoms with Crippen LogP contribution in [0.2, 0.25) is 10.0 Å². The Morgan fingerprint density at radius 1 is 1.32 bits per heavy atom. The lowest BCUT2D eigenvalue weighted by Gasteiger charge is -2.34. The largest absolute Gasteiger partial charge is 0.489 e. The second-order valence-corrected chi connectivity index (χ2v) is 9.78. The van der Waals surface area contributed by atoms with Crippen LogP contribution in [-0.4, -0.2) is 24.4 Å². The predicted molar refractivity (Wildman–Crippen MR) is 111 cm³/mol. The average Bonchev–Trinajstić information content (AvgIpc) is 2.56. The van der Waals surface area contributed by atoms with Gasteiger partial charge in [-0.15, -0.1) is 0 Å². The molecule has 0 aliphatic carbocycles. The molecule has 1 heterocycles. The summed E-state index contributed by atoms with van der Waals surface area (Å²) in [5.74, 6) is 1.29. The maximum atomic E-state index is 6.34. The van der Waals surface area contributed by atoms with Gasteiger partial charge in [-0.25, -0.2) is 0 Å². The second kappa shape index (κ2) is 9.52. The van der Waals surface area contributed by atoms with Crippen molar-refractivity contribution < 1.29 is 4.74 Å². The molecule has 0 saturated carbocycles. The molecule has 2 N–H and O–H groups in total. The molecule has 1 aromatic carbocycles. The van der Waals surface area contributed by atoms with Gasteiger partial charge in [0.25, 0.3) is 0 Å². The first-order chi connectivity index (χ1) is 11.8. The fraction of sp³-hybridized carbons (Fsp3) is 0.579. The van der Waals surface area contributed by atoms with Crippen molar-refractivity contribution in [3.05, 3.63) is 40.4 Å². The molecule has 1 atom stereocenters. The van der Waals surface area contributed by atoms with Crippen molar-refractivity contribution in [1.82, 2.24) is 10.0 Å². The van der Waals surface area contributed by atoms with Crippen LogP contribution < -0.4 is 14.8 Å². The molecule has 3 nitrogen and oxygen atoms in total. The third-order valence-electron chi connectivity index (χ3n) is 4.09. The monoisotopic (exact) mass is 402 g/mol. The fourth-order valence-electron chi connectivity index (χ4n) is 2.89. The van der Waals surface area contributed by atoms with Crippen LogP contribution in [0.15, 0.2) is 24.8 Å². The van der Waals surface area contributed by atoms with Gasteiger partial charge in [0.05, 0.1) is 10.0 Å². The highest BCUT2D eigenvalue weighted by atomic mass is 35.5. The number of rotatable bonds is 7. The zero-order chi connectivity index (χ0) is 18.4. The van der Waals surface area contributed by atoms with Crippen molar-refractivity contribution in [2.24, 2.45) is 5.92 Å². The molecule has 0 bridgehead atoms. The molecule has 0 aromatic heterocycles. The van der Waals surface area contributed by atoms with Crippen LogP contribution in [-0.2, 0) is 0 Å². The van der Waals surface area contributed by atoms with Crippen molar-refractivity contribution in [1.29, 1.82) is 0 Å². The van der Waals surface area contributed by atoms with Crippen molar-refractivity contribution in [3.8, 4) is 5.75 Å².